The first-order valence-electron chi connectivity index (χ1n) is 6.97. The number of fused-ring (bicyclic) bond motifs is 1. The van der Waals surface area contributed by atoms with E-state index in [2.05, 4.69) is 4.98 Å². The summed E-state index contributed by atoms with van der Waals surface area (Å²) in [6, 6.07) is 9.55. The van der Waals surface area contributed by atoms with Crippen molar-refractivity contribution in [2.75, 3.05) is 17.2 Å². The van der Waals surface area contributed by atoms with E-state index in [9.17, 15) is 21.9 Å². The Bertz CT molecular complexity index is 917. The van der Waals surface area contributed by atoms with Gasteiger partial charge in [-0.15, -0.1) is 0 Å². The Balaban J connectivity index is 0.000000275. The summed E-state index contributed by atoms with van der Waals surface area (Å²) in [4.78, 5) is 4.37. The fourth-order valence-electron chi connectivity index (χ4n) is 1.83. The first-order chi connectivity index (χ1) is 11.2. The number of anilines is 1. The molecule has 9 nitrogen and oxygen atoms in total. The highest BCUT2D eigenvalue weighted by atomic mass is 32.2. The summed E-state index contributed by atoms with van der Waals surface area (Å²) in [5.41, 5.74) is 6.75. The zero-order valence-corrected chi connectivity index (χ0v) is 15.2. The molecule has 0 spiro atoms. The number of pyridine rings is 1. The number of nitrogens with two attached hydrogens (primary N) is 1. The molecule has 0 radical (unpaired) electrons. The average molecular weight is 392 g/mol. The van der Waals surface area contributed by atoms with Crippen LogP contribution in [0.4, 0.5) is 5.69 Å². The Morgan fingerprint density at radius 1 is 1.04 bits per heavy atom. The van der Waals surface area contributed by atoms with Crippen molar-refractivity contribution in [3.8, 4) is 0 Å². The number of hydrogen-bond acceptors (Lipinski definition) is 7. The van der Waals surface area contributed by atoms with Crippen LogP contribution < -0.4 is 5.73 Å². The van der Waals surface area contributed by atoms with Crippen LogP contribution in [0.2, 0.25) is 0 Å². The van der Waals surface area contributed by atoms with Crippen molar-refractivity contribution < 1.29 is 31.0 Å². The van der Waals surface area contributed by atoms with Crippen LogP contribution in [0.1, 0.15) is 19.5 Å². The van der Waals surface area contributed by atoms with Crippen molar-refractivity contribution in [1.29, 1.82) is 0 Å². The van der Waals surface area contributed by atoms with Gasteiger partial charge >= 0.3 is 0 Å². The number of aromatic nitrogens is 1. The molecule has 140 valence electrons. The van der Waals surface area contributed by atoms with E-state index < -0.39 is 37.3 Å². The van der Waals surface area contributed by atoms with Gasteiger partial charge in [0.15, 0.2) is 0 Å². The SMILES string of the molecule is CC(C)(O)c1nc2ccccc2cc1N.O=S(=O)(O)CCS(=O)(=O)O. The molecular weight excluding hydrogens is 372 g/mol. The topological polar surface area (TPSA) is 168 Å². The number of para-hydroxylation sites is 1. The normalized spacial score (nSPS) is 12.5. The van der Waals surface area contributed by atoms with Crippen molar-refractivity contribution in [1.82, 2.24) is 4.98 Å². The van der Waals surface area contributed by atoms with Crippen molar-refractivity contribution in [2.24, 2.45) is 0 Å². The van der Waals surface area contributed by atoms with Crippen LogP contribution in [-0.4, -0.2) is 47.5 Å². The number of benzene rings is 1. The molecule has 2 rings (SSSR count). The predicted octanol–water partition coefficient (Wildman–Crippen LogP) is 0.806. The lowest BCUT2D eigenvalue weighted by atomic mass is 10.0. The fraction of sp³-hybridized carbons (Fsp3) is 0.357. The number of hydrogen-bond donors (Lipinski definition) is 4. The first kappa shape index (κ1) is 21.3. The van der Waals surface area contributed by atoms with Crippen LogP contribution in [0.5, 0.6) is 0 Å². The Kier molecular flexibility index (Phi) is 6.48. The van der Waals surface area contributed by atoms with E-state index in [0.717, 1.165) is 10.9 Å². The van der Waals surface area contributed by atoms with Crippen LogP contribution in [-0.2, 0) is 25.8 Å². The second-order valence-electron chi connectivity index (χ2n) is 5.75. The Hall–Kier alpha value is -1.79. The summed E-state index contributed by atoms with van der Waals surface area (Å²) in [7, 11) is -8.59. The molecule has 11 heteroatoms. The Labute approximate surface area is 146 Å². The molecule has 0 atom stereocenters. The minimum absolute atomic E-state index is 0.529. The molecule has 0 unspecified atom stereocenters. The molecule has 0 aliphatic rings. The largest absolute Gasteiger partial charge is 0.397 e. The number of nitrogen functional groups attached to an aromatic ring is 1. The molecular formula is C14H20N2O7S2. The summed E-state index contributed by atoms with van der Waals surface area (Å²) in [6.07, 6.45) is 0. The average Bonchev–Trinajstić information content (AvgIpc) is 2.42. The molecule has 0 saturated carbocycles. The molecule has 0 amide bonds. The molecule has 0 saturated heterocycles. The van der Waals surface area contributed by atoms with Gasteiger partial charge in [0.1, 0.15) is 5.60 Å². The molecule has 5 N–H and O–H groups in total. The fourth-order valence-corrected chi connectivity index (χ4v) is 3.52. The van der Waals surface area contributed by atoms with E-state index in [4.69, 9.17) is 14.8 Å². The lowest BCUT2D eigenvalue weighted by molar-refractivity contribution is 0.0751. The second-order valence-corrected chi connectivity index (χ2v) is 8.89. The summed E-state index contributed by atoms with van der Waals surface area (Å²) in [6.45, 7) is 3.36. The Morgan fingerprint density at radius 3 is 1.96 bits per heavy atom. The molecule has 1 heterocycles. The van der Waals surface area contributed by atoms with E-state index in [1.807, 2.05) is 30.3 Å². The van der Waals surface area contributed by atoms with Crippen molar-refractivity contribution >= 4 is 36.8 Å². The van der Waals surface area contributed by atoms with Gasteiger partial charge < -0.3 is 10.8 Å². The molecule has 1 aromatic heterocycles. The van der Waals surface area contributed by atoms with Gasteiger partial charge in [0.25, 0.3) is 20.2 Å². The third kappa shape index (κ3) is 7.75. The first-order valence-corrected chi connectivity index (χ1v) is 10.2. The van der Waals surface area contributed by atoms with Crippen LogP contribution in [0.3, 0.4) is 0 Å². The summed E-state index contributed by atoms with van der Waals surface area (Å²) >= 11 is 0. The molecule has 0 aliphatic carbocycles. The third-order valence-electron chi connectivity index (χ3n) is 2.93. The second kappa shape index (κ2) is 7.62. The molecule has 1 aromatic carbocycles. The number of nitrogens with zero attached hydrogens (tertiary/aromatic N) is 1. The van der Waals surface area contributed by atoms with Gasteiger partial charge in [0.05, 0.1) is 28.4 Å². The highest BCUT2D eigenvalue weighted by molar-refractivity contribution is 7.89. The molecule has 0 fully saturated rings. The van der Waals surface area contributed by atoms with E-state index in [-0.39, 0.29) is 0 Å². The van der Waals surface area contributed by atoms with Crippen molar-refractivity contribution in [2.45, 2.75) is 19.4 Å². The summed E-state index contributed by atoms with van der Waals surface area (Å²) in [5.74, 6) is -1.96. The molecule has 0 aliphatic heterocycles. The summed E-state index contributed by atoms with van der Waals surface area (Å²) < 4.78 is 55.4. The third-order valence-corrected chi connectivity index (χ3v) is 4.63. The van der Waals surface area contributed by atoms with E-state index in [1.165, 1.54) is 0 Å². The lowest BCUT2D eigenvalue weighted by Crippen LogP contribution is -2.19. The smallest absolute Gasteiger partial charge is 0.265 e. The maximum Gasteiger partial charge on any atom is 0.265 e. The zero-order chi connectivity index (χ0) is 19.5. The van der Waals surface area contributed by atoms with Gasteiger partial charge in [0.2, 0.25) is 0 Å². The maximum absolute atomic E-state index is 9.89. The van der Waals surface area contributed by atoms with Gasteiger partial charge in [0, 0.05) is 5.39 Å². The molecule has 2 aromatic rings. The number of aliphatic hydroxyl groups is 1. The van der Waals surface area contributed by atoms with Gasteiger partial charge in [-0.3, -0.25) is 9.11 Å². The maximum atomic E-state index is 9.89. The van der Waals surface area contributed by atoms with Crippen LogP contribution in [0, 0.1) is 0 Å². The van der Waals surface area contributed by atoms with Gasteiger partial charge in [-0.05, 0) is 26.0 Å². The van der Waals surface area contributed by atoms with Crippen LogP contribution in [0.25, 0.3) is 10.9 Å². The monoisotopic (exact) mass is 392 g/mol. The van der Waals surface area contributed by atoms with Crippen molar-refractivity contribution in [3.63, 3.8) is 0 Å². The van der Waals surface area contributed by atoms with E-state index in [1.54, 1.807) is 13.8 Å². The highest BCUT2D eigenvalue weighted by Crippen LogP contribution is 2.26. The van der Waals surface area contributed by atoms with Crippen LogP contribution in [0.15, 0.2) is 30.3 Å². The van der Waals surface area contributed by atoms with Crippen molar-refractivity contribution in [3.05, 3.63) is 36.0 Å². The highest BCUT2D eigenvalue weighted by Gasteiger charge is 2.21. The van der Waals surface area contributed by atoms with Crippen LogP contribution >= 0.6 is 0 Å². The minimum Gasteiger partial charge on any atom is -0.397 e. The Morgan fingerprint density at radius 2 is 1.52 bits per heavy atom. The molecule has 25 heavy (non-hydrogen) atoms. The molecule has 0 bridgehead atoms. The van der Waals surface area contributed by atoms with E-state index >= 15 is 0 Å². The number of rotatable bonds is 4. The predicted molar refractivity (Wildman–Crippen MR) is 94.2 cm³/mol. The van der Waals surface area contributed by atoms with Gasteiger partial charge in [-0.2, -0.15) is 16.8 Å². The van der Waals surface area contributed by atoms with Gasteiger partial charge in [-0.25, -0.2) is 4.98 Å². The zero-order valence-electron chi connectivity index (χ0n) is 13.6. The minimum atomic E-state index is -4.30. The standard InChI is InChI=1S/C12H14N2O.C2H6O6S2/c1-12(2,15)11-9(13)7-8-5-3-4-6-10(8)14-11;3-9(4,5)1-2-10(6,7)8/h3-7,15H,13H2,1-2H3;1-2H2,(H,3,4,5)(H,6,7,8). The lowest BCUT2D eigenvalue weighted by Gasteiger charge is -2.19. The van der Waals surface area contributed by atoms with Gasteiger partial charge in [-0.1, -0.05) is 18.2 Å². The van der Waals surface area contributed by atoms with E-state index in [0.29, 0.717) is 11.4 Å². The quantitative estimate of drug-likeness (QED) is 0.550. The summed E-state index contributed by atoms with van der Waals surface area (Å²) in [5, 5.41) is 10.9.